The largest absolute Gasteiger partial charge is 0.384 e. The second-order valence-electron chi connectivity index (χ2n) is 3.25. The Bertz CT molecular complexity index is 512. The van der Waals surface area contributed by atoms with Gasteiger partial charge < -0.3 is 5.11 Å². The summed E-state index contributed by atoms with van der Waals surface area (Å²) in [4.78, 5) is 0. The summed E-state index contributed by atoms with van der Waals surface area (Å²) in [5.74, 6) is 0. The molecule has 0 aliphatic carbocycles. The van der Waals surface area contributed by atoms with E-state index in [0.717, 1.165) is 9.35 Å². The minimum Gasteiger partial charge on any atom is -0.384 e. The average Bonchev–Trinajstić information content (AvgIpc) is 2.64. The molecule has 0 radical (unpaired) electrons. The van der Waals surface area contributed by atoms with Crippen LogP contribution in [0.15, 0.2) is 33.4 Å². The Kier molecular flexibility index (Phi) is 3.93. The van der Waals surface area contributed by atoms with Gasteiger partial charge in [-0.1, -0.05) is 29.3 Å². The number of rotatable bonds is 2. The van der Waals surface area contributed by atoms with Crippen LogP contribution in [-0.4, -0.2) is 5.11 Å². The molecule has 2 rings (SSSR count). The molecule has 0 fully saturated rings. The molecule has 0 aliphatic rings. The Hall–Kier alpha value is -0.0600. The van der Waals surface area contributed by atoms with Crippen LogP contribution in [0.2, 0.25) is 10.0 Å². The quantitative estimate of drug-likeness (QED) is 0.826. The van der Waals surface area contributed by atoms with Crippen molar-refractivity contribution in [2.24, 2.45) is 0 Å². The van der Waals surface area contributed by atoms with Gasteiger partial charge >= 0.3 is 0 Å². The molecule has 1 nitrogen and oxygen atoms in total. The molecule has 0 amide bonds. The van der Waals surface area contributed by atoms with Crippen molar-refractivity contribution >= 4 is 50.5 Å². The van der Waals surface area contributed by atoms with Crippen molar-refractivity contribution in [3.8, 4) is 0 Å². The van der Waals surface area contributed by atoms with E-state index in [4.69, 9.17) is 23.2 Å². The van der Waals surface area contributed by atoms with Crippen molar-refractivity contribution in [1.82, 2.24) is 0 Å². The normalized spacial score (nSPS) is 12.8. The fourth-order valence-electron chi connectivity index (χ4n) is 1.37. The molecule has 0 saturated carbocycles. The van der Waals surface area contributed by atoms with Gasteiger partial charge in [0, 0.05) is 15.6 Å². The molecule has 0 saturated heterocycles. The summed E-state index contributed by atoms with van der Waals surface area (Å²) >= 11 is 16.7. The van der Waals surface area contributed by atoms with Crippen LogP contribution in [0.3, 0.4) is 0 Å². The molecule has 0 spiro atoms. The fourth-order valence-corrected chi connectivity index (χ4v) is 3.08. The van der Waals surface area contributed by atoms with Crippen molar-refractivity contribution in [3.05, 3.63) is 54.6 Å². The number of hydrogen-bond acceptors (Lipinski definition) is 2. The molecule has 1 aromatic heterocycles. The second kappa shape index (κ2) is 5.07. The highest BCUT2D eigenvalue weighted by Crippen LogP contribution is 2.33. The number of benzene rings is 1. The summed E-state index contributed by atoms with van der Waals surface area (Å²) in [6.45, 7) is 0. The first-order valence-electron chi connectivity index (χ1n) is 4.45. The van der Waals surface area contributed by atoms with Crippen LogP contribution in [0.1, 0.15) is 17.2 Å². The van der Waals surface area contributed by atoms with E-state index in [9.17, 15) is 5.11 Å². The smallest absolute Gasteiger partial charge is 0.106 e. The van der Waals surface area contributed by atoms with Gasteiger partial charge in [0.1, 0.15) is 6.10 Å². The molecular formula is C11H7BrCl2OS. The SMILES string of the molecule is OC(c1csc(Br)c1)c1ccc(Cl)cc1Cl. The molecule has 1 N–H and O–H groups in total. The van der Waals surface area contributed by atoms with Gasteiger partial charge in [-0.15, -0.1) is 11.3 Å². The molecule has 1 atom stereocenters. The van der Waals surface area contributed by atoms with Gasteiger partial charge in [-0.3, -0.25) is 0 Å². The second-order valence-corrected chi connectivity index (χ2v) is 6.39. The minimum absolute atomic E-state index is 0.474. The molecule has 0 bridgehead atoms. The average molecular weight is 338 g/mol. The van der Waals surface area contributed by atoms with E-state index in [1.54, 1.807) is 18.2 Å². The predicted octanol–water partition coefficient (Wildman–Crippen LogP) is 4.90. The monoisotopic (exact) mass is 336 g/mol. The Labute approximate surface area is 116 Å². The first-order chi connectivity index (χ1) is 7.58. The first kappa shape index (κ1) is 12.4. The molecular weight excluding hydrogens is 331 g/mol. The van der Waals surface area contributed by atoms with Crippen molar-refractivity contribution < 1.29 is 5.11 Å². The zero-order valence-corrected chi connectivity index (χ0v) is 11.9. The molecule has 1 unspecified atom stereocenters. The van der Waals surface area contributed by atoms with Crippen LogP contribution in [-0.2, 0) is 0 Å². The van der Waals surface area contributed by atoms with Gasteiger partial charge in [-0.25, -0.2) is 0 Å². The molecule has 16 heavy (non-hydrogen) atoms. The number of halogens is 3. The van der Waals surface area contributed by atoms with Gasteiger partial charge in [-0.2, -0.15) is 0 Å². The van der Waals surface area contributed by atoms with Crippen molar-refractivity contribution in [1.29, 1.82) is 0 Å². The van der Waals surface area contributed by atoms with E-state index in [1.807, 2.05) is 11.4 Å². The van der Waals surface area contributed by atoms with E-state index in [2.05, 4.69) is 15.9 Å². The lowest BCUT2D eigenvalue weighted by Crippen LogP contribution is -1.98. The van der Waals surface area contributed by atoms with Crippen LogP contribution < -0.4 is 0 Å². The van der Waals surface area contributed by atoms with Crippen LogP contribution >= 0.6 is 50.5 Å². The van der Waals surface area contributed by atoms with Crippen LogP contribution in [0.4, 0.5) is 0 Å². The molecule has 84 valence electrons. The lowest BCUT2D eigenvalue weighted by molar-refractivity contribution is 0.221. The van der Waals surface area contributed by atoms with Gasteiger partial charge in [0.2, 0.25) is 0 Å². The highest BCUT2D eigenvalue weighted by atomic mass is 79.9. The summed E-state index contributed by atoms with van der Waals surface area (Å²) in [5.41, 5.74) is 1.48. The van der Waals surface area contributed by atoms with E-state index in [1.165, 1.54) is 11.3 Å². The standard InChI is InChI=1S/C11H7BrCl2OS/c12-10-3-6(5-16-10)11(15)8-2-1-7(13)4-9(8)14/h1-5,11,15H. The zero-order valence-electron chi connectivity index (χ0n) is 7.95. The third-order valence-electron chi connectivity index (χ3n) is 2.16. The summed E-state index contributed by atoms with van der Waals surface area (Å²) in [5, 5.41) is 13.1. The van der Waals surface area contributed by atoms with Crippen molar-refractivity contribution in [3.63, 3.8) is 0 Å². The maximum absolute atomic E-state index is 10.1. The van der Waals surface area contributed by atoms with Gasteiger partial charge in [0.05, 0.1) is 3.79 Å². The minimum atomic E-state index is -0.715. The number of hydrogen-bond donors (Lipinski definition) is 1. The Morgan fingerprint density at radius 3 is 2.56 bits per heavy atom. The van der Waals surface area contributed by atoms with E-state index in [0.29, 0.717) is 15.6 Å². The van der Waals surface area contributed by atoms with Crippen molar-refractivity contribution in [2.45, 2.75) is 6.10 Å². The zero-order chi connectivity index (χ0) is 11.7. The summed E-state index contributed by atoms with van der Waals surface area (Å²) < 4.78 is 0.978. The van der Waals surface area contributed by atoms with E-state index >= 15 is 0 Å². The van der Waals surface area contributed by atoms with Gasteiger partial charge in [0.25, 0.3) is 0 Å². The first-order valence-corrected chi connectivity index (χ1v) is 6.87. The maximum Gasteiger partial charge on any atom is 0.106 e. The molecule has 1 aromatic carbocycles. The molecule has 5 heteroatoms. The van der Waals surface area contributed by atoms with Crippen LogP contribution in [0, 0.1) is 0 Å². The number of thiophene rings is 1. The topological polar surface area (TPSA) is 20.2 Å². The molecule has 1 heterocycles. The van der Waals surface area contributed by atoms with E-state index in [-0.39, 0.29) is 0 Å². The third kappa shape index (κ3) is 2.60. The van der Waals surface area contributed by atoms with Crippen LogP contribution in [0.25, 0.3) is 0 Å². The molecule has 2 aromatic rings. The van der Waals surface area contributed by atoms with Gasteiger partial charge in [-0.05, 0) is 45.1 Å². The van der Waals surface area contributed by atoms with Gasteiger partial charge in [0.15, 0.2) is 0 Å². The highest BCUT2D eigenvalue weighted by Gasteiger charge is 2.15. The Morgan fingerprint density at radius 1 is 1.25 bits per heavy atom. The summed E-state index contributed by atoms with van der Waals surface area (Å²) in [6, 6.07) is 6.96. The maximum atomic E-state index is 10.1. The predicted molar refractivity (Wildman–Crippen MR) is 72.5 cm³/mol. The Morgan fingerprint density at radius 2 is 2.00 bits per heavy atom. The third-order valence-corrected chi connectivity index (χ3v) is 4.25. The number of aliphatic hydroxyl groups is 1. The van der Waals surface area contributed by atoms with Crippen LogP contribution in [0.5, 0.6) is 0 Å². The fraction of sp³-hybridized carbons (Fsp3) is 0.0909. The van der Waals surface area contributed by atoms with E-state index < -0.39 is 6.10 Å². The highest BCUT2D eigenvalue weighted by molar-refractivity contribution is 9.11. The molecule has 0 aliphatic heterocycles. The summed E-state index contributed by atoms with van der Waals surface area (Å²) in [6.07, 6.45) is -0.715. The lowest BCUT2D eigenvalue weighted by Gasteiger charge is -2.11. The summed E-state index contributed by atoms with van der Waals surface area (Å²) in [7, 11) is 0. The van der Waals surface area contributed by atoms with Crippen molar-refractivity contribution in [2.75, 3.05) is 0 Å². The number of aliphatic hydroxyl groups excluding tert-OH is 1. The Balaban J connectivity index is 2.37. The lowest BCUT2D eigenvalue weighted by atomic mass is 10.0.